The van der Waals surface area contributed by atoms with Crippen molar-refractivity contribution in [2.45, 2.75) is 20.8 Å². The quantitative estimate of drug-likeness (QED) is 0.393. The fourth-order valence-electron chi connectivity index (χ4n) is 3.69. The number of benzene rings is 2. The molecule has 0 saturated carbocycles. The molecule has 4 rings (SSSR count). The molecule has 0 spiro atoms. The Labute approximate surface area is 202 Å². The number of methoxy groups -OCH3 is 1. The lowest BCUT2D eigenvalue weighted by Crippen LogP contribution is -2.19. The Hall–Kier alpha value is -3.78. The summed E-state index contributed by atoms with van der Waals surface area (Å²) in [7, 11) is 1.61. The molecule has 1 aliphatic heterocycles. The molecule has 0 radical (unpaired) electrons. The van der Waals surface area contributed by atoms with E-state index in [0.29, 0.717) is 22.2 Å². The van der Waals surface area contributed by atoms with Gasteiger partial charge in [0, 0.05) is 17.1 Å². The molecule has 0 unspecified atom stereocenters. The molecule has 1 N–H and O–H groups in total. The molecule has 8 heteroatoms. The zero-order valence-electron chi connectivity index (χ0n) is 19.4. The number of aryl methyl sites for hydroxylation is 1. The smallest absolute Gasteiger partial charge is 0.338 e. The number of carbonyl (C=O) groups excluding carboxylic acids is 2. The molecule has 34 heavy (non-hydrogen) atoms. The second-order valence-corrected chi connectivity index (χ2v) is 8.64. The van der Waals surface area contributed by atoms with Crippen LogP contribution in [0.4, 0.5) is 5.69 Å². The van der Waals surface area contributed by atoms with Crippen LogP contribution in [-0.4, -0.2) is 35.3 Å². The van der Waals surface area contributed by atoms with Crippen LogP contribution in [0.2, 0.25) is 0 Å². The van der Waals surface area contributed by atoms with Gasteiger partial charge >= 0.3 is 5.97 Å². The fourth-order valence-corrected chi connectivity index (χ4v) is 4.52. The van der Waals surface area contributed by atoms with E-state index in [1.54, 1.807) is 26.2 Å². The number of nitrogens with zero attached hydrogens (tertiary/aromatic N) is 2. The third-order valence-corrected chi connectivity index (χ3v) is 6.26. The summed E-state index contributed by atoms with van der Waals surface area (Å²) in [6.45, 7) is 6.13. The third kappa shape index (κ3) is 4.92. The van der Waals surface area contributed by atoms with Crippen molar-refractivity contribution < 1.29 is 19.1 Å². The topological polar surface area (TPSA) is 81.9 Å². The molecular weight excluding hydrogens is 450 g/mol. The minimum absolute atomic E-state index is 0.180. The predicted octanol–water partition coefficient (Wildman–Crippen LogP) is 5.17. The average Bonchev–Trinajstić information content (AvgIpc) is 3.32. The number of rotatable bonds is 6. The lowest BCUT2D eigenvalue weighted by atomic mass is 10.2. The second kappa shape index (κ2) is 10.0. The van der Waals surface area contributed by atoms with Crippen molar-refractivity contribution in [2.75, 3.05) is 13.7 Å². The summed E-state index contributed by atoms with van der Waals surface area (Å²) in [4.78, 5) is 29.6. The lowest BCUT2D eigenvalue weighted by Gasteiger charge is -2.10. The van der Waals surface area contributed by atoms with Crippen LogP contribution in [0.3, 0.4) is 0 Å². The van der Waals surface area contributed by atoms with Gasteiger partial charge in [-0.3, -0.25) is 4.79 Å². The summed E-state index contributed by atoms with van der Waals surface area (Å²) in [5.74, 6) is 0.233. The van der Waals surface area contributed by atoms with Crippen molar-refractivity contribution in [1.82, 2.24) is 9.88 Å². The van der Waals surface area contributed by atoms with E-state index in [1.807, 2.05) is 62.4 Å². The molecule has 3 aromatic rings. The van der Waals surface area contributed by atoms with Crippen molar-refractivity contribution >= 4 is 40.6 Å². The number of hydrogen-bond acceptors (Lipinski definition) is 6. The largest absolute Gasteiger partial charge is 0.497 e. The van der Waals surface area contributed by atoms with Gasteiger partial charge in [0.05, 0.1) is 29.9 Å². The van der Waals surface area contributed by atoms with Gasteiger partial charge in [0.1, 0.15) is 5.75 Å². The second-order valence-electron chi connectivity index (χ2n) is 7.61. The minimum atomic E-state index is -0.336. The Morgan fingerprint density at radius 3 is 2.47 bits per heavy atom. The molecule has 2 aromatic carbocycles. The van der Waals surface area contributed by atoms with Crippen molar-refractivity contribution in [1.29, 1.82) is 0 Å². The van der Waals surface area contributed by atoms with Crippen molar-refractivity contribution in [3.63, 3.8) is 0 Å². The first-order valence-electron chi connectivity index (χ1n) is 10.8. The maximum absolute atomic E-state index is 12.6. The highest BCUT2D eigenvalue weighted by atomic mass is 32.2. The van der Waals surface area contributed by atoms with E-state index in [2.05, 4.69) is 14.9 Å². The van der Waals surface area contributed by atoms with Crippen molar-refractivity contribution in [2.24, 2.45) is 4.99 Å². The van der Waals surface area contributed by atoms with Crippen LogP contribution in [-0.2, 0) is 9.53 Å². The Morgan fingerprint density at radius 1 is 1.12 bits per heavy atom. The minimum Gasteiger partial charge on any atom is -0.497 e. The number of amides is 1. The van der Waals surface area contributed by atoms with E-state index < -0.39 is 0 Å². The van der Waals surface area contributed by atoms with Gasteiger partial charge < -0.3 is 19.4 Å². The molecule has 1 aromatic heterocycles. The van der Waals surface area contributed by atoms with Crippen LogP contribution >= 0.6 is 11.8 Å². The van der Waals surface area contributed by atoms with E-state index in [0.717, 1.165) is 34.1 Å². The van der Waals surface area contributed by atoms with Crippen molar-refractivity contribution in [3.8, 4) is 11.4 Å². The number of nitrogens with one attached hydrogen (secondary N) is 1. The highest BCUT2D eigenvalue weighted by Crippen LogP contribution is 2.31. The normalized spacial score (nSPS) is 15.6. The van der Waals surface area contributed by atoms with Gasteiger partial charge in [-0.05, 0) is 98.8 Å². The highest BCUT2D eigenvalue weighted by molar-refractivity contribution is 8.18. The summed E-state index contributed by atoms with van der Waals surface area (Å²) < 4.78 is 12.3. The van der Waals surface area contributed by atoms with Crippen LogP contribution in [0.1, 0.15) is 34.2 Å². The molecule has 2 heterocycles. The molecule has 0 atom stereocenters. The van der Waals surface area contributed by atoms with E-state index in [9.17, 15) is 9.59 Å². The van der Waals surface area contributed by atoms with Crippen LogP contribution < -0.4 is 10.1 Å². The van der Waals surface area contributed by atoms with Gasteiger partial charge in [-0.15, -0.1) is 0 Å². The summed E-state index contributed by atoms with van der Waals surface area (Å²) in [6.07, 6.45) is 1.88. The van der Waals surface area contributed by atoms with Crippen LogP contribution in [0, 0.1) is 13.8 Å². The summed E-state index contributed by atoms with van der Waals surface area (Å²) in [6, 6.07) is 16.6. The molecule has 7 nitrogen and oxygen atoms in total. The first-order chi connectivity index (χ1) is 16.4. The van der Waals surface area contributed by atoms with E-state index in [4.69, 9.17) is 9.47 Å². The van der Waals surface area contributed by atoms with Crippen LogP contribution in [0.5, 0.6) is 5.75 Å². The van der Waals surface area contributed by atoms with Gasteiger partial charge in [-0.2, -0.15) is 0 Å². The van der Waals surface area contributed by atoms with E-state index in [-0.39, 0.29) is 11.9 Å². The number of aliphatic imine (C=N–C) groups is 1. The van der Waals surface area contributed by atoms with Crippen molar-refractivity contribution in [3.05, 3.63) is 82.0 Å². The molecule has 174 valence electrons. The number of esters is 1. The molecule has 0 bridgehead atoms. The first kappa shape index (κ1) is 23.4. The average molecular weight is 476 g/mol. The summed E-state index contributed by atoms with van der Waals surface area (Å²) in [5.41, 5.74) is 5.12. The van der Waals surface area contributed by atoms with Crippen LogP contribution in [0.25, 0.3) is 11.8 Å². The SMILES string of the molecule is CCOC(=O)c1ccc(-n2c(C)cc(/C=C3\SC(=Nc4ccc(OC)cc4)NC3=O)c2C)cc1. The number of carbonyl (C=O) groups is 2. The van der Waals surface area contributed by atoms with Crippen LogP contribution in [0.15, 0.2) is 64.5 Å². The number of amidine groups is 1. The maximum atomic E-state index is 12.6. The third-order valence-electron chi connectivity index (χ3n) is 5.35. The first-order valence-corrected chi connectivity index (χ1v) is 11.6. The highest BCUT2D eigenvalue weighted by Gasteiger charge is 2.24. The predicted molar refractivity (Wildman–Crippen MR) is 135 cm³/mol. The molecule has 0 aliphatic carbocycles. The number of ether oxygens (including phenoxy) is 2. The summed E-state index contributed by atoms with van der Waals surface area (Å²) >= 11 is 1.31. The Balaban J connectivity index is 1.57. The van der Waals surface area contributed by atoms with E-state index >= 15 is 0 Å². The Kier molecular flexibility index (Phi) is 6.88. The van der Waals surface area contributed by atoms with Gasteiger partial charge in [0.25, 0.3) is 5.91 Å². The lowest BCUT2D eigenvalue weighted by molar-refractivity contribution is -0.115. The molecule has 1 fully saturated rings. The van der Waals surface area contributed by atoms with Gasteiger partial charge in [-0.25, -0.2) is 9.79 Å². The molecule has 1 amide bonds. The monoisotopic (exact) mass is 475 g/mol. The van der Waals surface area contributed by atoms with Gasteiger partial charge in [0.15, 0.2) is 5.17 Å². The molecule has 1 aliphatic rings. The summed E-state index contributed by atoms with van der Waals surface area (Å²) in [5, 5.41) is 3.36. The Bertz CT molecular complexity index is 1290. The van der Waals surface area contributed by atoms with E-state index in [1.165, 1.54) is 11.8 Å². The maximum Gasteiger partial charge on any atom is 0.338 e. The standard InChI is InChI=1S/C26H25N3O4S/c1-5-33-25(31)18-6-10-21(11-7-18)29-16(2)14-19(17(29)3)15-23-24(30)28-26(34-23)27-20-8-12-22(32-4)13-9-20/h6-15H,5H2,1-4H3,(H,27,28,30)/b23-15-. The Morgan fingerprint density at radius 2 is 1.82 bits per heavy atom. The zero-order valence-corrected chi connectivity index (χ0v) is 20.2. The molecule has 1 saturated heterocycles. The number of thioether (sulfide) groups is 1. The number of aromatic nitrogens is 1. The number of hydrogen-bond donors (Lipinski definition) is 1. The van der Waals surface area contributed by atoms with Gasteiger partial charge in [0.2, 0.25) is 0 Å². The zero-order chi connectivity index (χ0) is 24.2. The molecular formula is C26H25N3O4S. The van der Waals surface area contributed by atoms with Gasteiger partial charge in [-0.1, -0.05) is 0 Å². The fraction of sp³-hybridized carbons (Fsp3) is 0.192.